The molecule has 3 fully saturated rings. The topological polar surface area (TPSA) is 75.6 Å². The average Bonchev–Trinajstić information content (AvgIpc) is 3.25. The SMILES string of the molecule is O=C(N[C@]12C[C@H]1COC21CCC1)c1ccc(C(=O)c2cccc(O)c2)cc1. The van der Waals surface area contributed by atoms with Gasteiger partial charge in [0.1, 0.15) is 5.75 Å². The lowest BCUT2D eigenvalue weighted by molar-refractivity contribution is -0.0939. The first-order chi connectivity index (χ1) is 13.0. The van der Waals surface area contributed by atoms with Crippen molar-refractivity contribution < 1.29 is 19.4 Å². The van der Waals surface area contributed by atoms with Gasteiger partial charge >= 0.3 is 0 Å². The number of ether oxygens (including phenoxy) is 1. The van der Waals surface area contributed by atoms with Crippen LogP contribution < -0.4 is 5.32 Å². The molecule has 5 nitrogen and oxygen atoms in total. The van der Waals surface area contributed by atoms with Gasteiger partial charge in [0.15, 0.2) is 5.78 Å². The van der Waals surface area contributed by atoms with Crippen LogP contribution in [0.1, 0.15) is 52.0 Å². The van der Waals surface area contributed by atoms with E-state index in [2.05, 4.69) is 5.32 Å². The second-order valence-corrected chi connectivity index (χ2v) is 7.94. The molecule has 0 aromatic heterocycles. The second kappa shape index (κ2) is 5.67. The fourth-order valence-corrected chi connectivity index (χ4v) is 4.69. The quantitative estimate of drug-likeness (QED) is 0.819. The maximum Gasteiger partial charge on any atom is 0.251 e. The number of phenolic OH excluding ortho intramolecular Hbond substituents is 1. The Kier molecular flexibility index (Phi) is 3.46. The number of rotatable bonds is 4. The van der Waals surface area contributed by atoms with E-state index in [-0.39, 0.29) is 28.6 Å². The molecule has 2 aromatic rings. The van der Waals surface area contributed by atoms with Crippen LogP contribution in [0.3, 0.4) is 0 Å². The molecule has 2 saturated carbocycles. The number of nitrogens with one attached hydrogen (secondary N) is 1. The molecule has 1 amide bonds. The predicted octanol–water partition coefficient (Wildman–Crippen LogP) is 3.06. The third-order valence-corrected chi connectivity index (χ3v) is 6.49. The predicted molar refractivity (Wildman–Crippen MR) is 98.8 cm³/mol. The summed E-state index contributed by atoms with van der Waals surface area (Å²) in [6, 6.07) is 12.9. The average molecular weight is 363 g/mol. The van der Waals surface area contributed by atoms with Crippen molar-refractivity contribution in [3.8, 4) is 5.75 Å². The molecular weight excluding hydrogens is 342 g/mol. The normalized spacial score (nSPS) is 26.9. The van der Waals surface area contributed by atoms with E-state index in [4.69, 9.17) is 4.74 Å². The van der Waals surface area contributed by atoms with Gasteiger partial charge in [-0.1, -0.05) is 24.3 Å². The van der Waals surface area contributed by atoms with E-state index < -0.39 is 0 Å². The highest BCUT2D eigenvalue weighted by Crippen LogP contribution is 2.64. The molecule has 3 aliphatic rings. The number of hydrogen-bond acceptors (Lipinski definition) is 4. The lowest BCUT2D eigenvalue weighted by Crippen LogP contribution is -2.58. The molecule has 2 N–H and O–H groups in total. The van der Waals surface area contributed by atoms with Gasteiger partial charge in [-0.3, -0.25) is 9.59 Å². The molecule has 138 valence electrons. The minimum atomic E-state index is -0.184. The number of fused-ring (bicyclic) bond motifs is 2. The molecule has 1 spiro atoms. The Morgan fingerprint density at radius 2 is 1.78 bits per heavy atom. The van der Waals surface area contributed by atoms with Crippen LogP contribution >= 0.6 is 0 Å². The Balaban J connectivity index is 1.32. The van der Waals surface area contributed by atoms with Crippen LogP contribution in [0.25, 0.3) is 0 Å². The van der Waals surface area contributed by atoms with Crippen LogP contribution in [-0.4, -0.2) is 34.5 Å². The summed E-state index contributed by atoms with van der Waals surface area (Å²) < 4.78 is 6.01. The van der Waals surface area contributed by atoms with Gasteiger partial charge in [-0.25, -0.2) is 0 Å². The van der Waals surface area contributed by atoms with Crippen molar-refractivity contribution in [2.75, 3.05) is 6.61 Å². The Bertz CT molecular complexity index is 932. The van der Waals surface area contributed by atoms with Crippen molar-refractivity contribution in [2.45, 2.75) is 36.8 Å². The number of aromatic hydroxyl groups is 1. The van der Waals surface area contributed by atoms with Crippen molar-refractivity contribution in [3.63, 3.8) is 0 Å². The lowest BCUT2D eigenvalue weighted by atomic mass is 9.72. The summed E-state index contributed by atoms with van der Waals surface area (Å²) >= 11 is 0. The van der Waals surface area contributed by atoms with Crippen molar-refractivity contribution >= 4 is 11.7 Å². The molecule has 0 bridgehead atoms. The maximum atomic E-state index is 12.8. The Morgan fingerprint density at radius 3 is 2.41 bits per heavy atom. The van der Waals surface area contributed by atoms with Crippen LogP contribution in [0.2, 0.25) is 0 Å². The van der Waals surface area contributed by atoms with Crippen LogP contribution in [0, 0.1) is 5.92 Å². The van der Waals surface area contributed by atoms with E-state index in [1.807, 2.05) is 0 Å². The highest BCUT2D eigenvalue weighted by molar-refractivity contribution is 6.09. The number of benzene rings is 2. The Morgan fingerprint density at radius 1 is 1.04 bits per heavy atom. The molecule has 27 heavy (non-hydrogen) atoms. The molecular formula is C22H21NO4. The van der Waals surface area contributed by atoms with E-state index >= 15 is 0 Å². The zero-order valence-electron chi connectivity index (χ0n) is 14.9. The summed E-state index contributed by atoms with van der Waals surface area (Å²) in [6.45, 7) is 0.748. The number of hydrogen-bond donors (Lipinski definition) is 2. The highest BCUT2D eigenvalue weighted by atomic mass is 16.5. The fourth-order valence-electron chi connectivity index (χ4n) is 4.69. The third-order valence-electron chi connectivity index (χ3n) is 6.49. The number of ketones is 1. The molecule has 5 heteroatoms. The minimum absolute atomic E-state index is 0.0544. The largest absolute Gasteiger partial charge is 0.508 e. The monoisotopic (exact) mass is 363 g/mol. The van der Waals surface area contributed by atoms with Crippen LogP contribution in [0.15, 0.2) is 48.5 Å². The molecule has 2 atom stereocenters. The smallest absolute Gasteiger partial charge is 0.251 e. The van der Waals surface area contributed by atoms with Gasteiger partial charge in [0.2, 0.25) is 0 Å². The van der Waals surface area contributed by atoms with Crippen LogP contribution in [0.4, 0.5) is 0 Å². The lowest BCUT2D eigenvalue weighted by Gasteiger charge is -2.45. The first-order valence-corrected chi connectivity index (χ1v) is 9.43. The van der Waals surface area contributed by atoms with Crippen molar-refractivity contribution in [1.82, 2.24) is 5.32 Å². The molecule has 5 rings (SSSR count). The summed E-state index contributed by atoms with van der Waals surface area (Å²) in [5.74, 6) is 0.203. The zero-order valence-corrected chi connectivity index (χ0v) is 14.9. The number of phenols is 1. The summed E-state index contributed by atoms with van der Waals surface area (Å²) in [7, 11) is 0. The van der Waals surface area contributed by atoms with Crippen molar-refractivity contribution in [1.29, 1.82) is 0 Å². The van der Waals surface area contributed by atoms with Gasteiger partial charge in [0.05, 0.1) is 17.7 Å². The summed E-state index contributed by atoms with van der Waals surface area (Å²) in [4.78, 5) is 25.3. The van der Waals surface area contributed by atoms with E-state index in [9.17, 15) is 14.7 Å². The summed E-state index contributed by atoms with van der Waals surface area (Å²) in [5.41, 5.74) is 1.13. The molecule has 2 aliphatic carbocycles. The molecule has 2 aromatic carbocycles. The standard InChI is InChI=1S/C22H21NO4/c24-18-4-1-3-16(11-18)19(25)14-5-7-15(8-6-14)20(26)23-22-12-17(22)13-27-21(22)9-2-10-21/h1,3-8,11,17,24H,2,9-10,12-13H2,(H,23,26)/t17-,22+/m0/s1. The van der Waals surface area contributed by atoms with E-state index in [0.29, 0.717) is 22.6 Å². The fraction of sp³-hybridized carbons (Fsp3) is 0.364. The molecule has 1 aliphatic heterocycles. The maximum absolute atomic E-state index is 12.8. The minimum Gasteiger partial charge on any atom is -0.508 e. The van der Waals surface area contributed by atoms with E-state index in [1.54, 1.807) is 36.4 Å². The van der Waals surface area contributed by atoms with Crippen LogP contribution in [0.5, 0.6) is 5.75 Å². The third kappa shape index (κ3) is 2.42. The molecule has 0 unspecified atom stereocenters. The second-order valence-electron chi connectivity index (χ2n) is 7.94. The number of carbonyl (C=O) groups excluding carboxylic acids is 2. The van der Waals surface area contributed by atoms with Gasteiger partial charge in [-0.05, 0) is 49.9 Å². The molecule has 1 saturated heterocycles. The van der Waals surface area contributed by atoms with E-state index in [0.717, 1.165) is 32.3 Å². The first-order valence-electron chi connectivity index (χ1n) is 9.43. The molecule has 0 radical (unpaired) electrons. The Labute approximate surface area is 157 Å². The molecule has 1 heterocycles. The zero-order chi connectivity index (χ0) is 18.6. The Hall–Kier alpha value is -2.66. The van der Waals surface area contributed by atoms with Gasteiger partial charge in [-0.15, -0.1) is 0 Å². The number of amides is 1. The van der Waals surface area contributed by atoms with E-state index in [1.165, 1.54) is 12.1 Å². The van der Waals surface area contributed by atoms with Gasteiger partial charge in [-0.2, -0.15) is 0 Å². The van der Waals surface area contributed by atoms with Crippen molar-refractivity contribution in [2.24, 2.45) is 5.92 Å². The van der Waals surface area contributed by atoms with Gasteiger partial charge in [0, 0.05) is 22.6 Å². The van der Waals surface area contributed by atoms with Crippen LogP contribution in [-0.2, 0) is 4.74 Å². The number of carbonyl (C=O) groups is 2. The highest BCUT2D eigenvalue weighted by Gasteiger charge is 2.74. The van der Waals surface area contributed by atoms with Gasteiger partial charge < -0.3 is 15.2 Å². The summed E-state index contributed by atoms with van der Waals surface area (Å²) in [6.07, 6.45) is 4.23. The van der Waals surface area contributed by atoms with Gasteiger partial charge in [0.25, 0.3) is 5.91 Å². The summed E-state index contributed by atoms with van der Waals surface area (Å²) in [5, 5.41) is 12.8. The van der Waals surface area contributed by atoms with Crippen molar-refractivity contribution in [3.05, 3.63) is 65.2 Å². The first kappa shape index (κ1) is 16.5.